The molecule has 0 aliphatic heterocycles. The van der Waals surface area contributed by atoms with Gasteiger partial charge in [0.25, 0.3) is 0 Å². The summed E-state index contributed by atoms with van der Waals surface area (Å²) in [5.41, 5.74) is 0. The highest BCUT2D eigenvalue weighted by molar-refractivity contribution is 7.89. The molecule has 1 unspecified atom stereocenters. The predicted molar refractivity (Wildman–Crippen MR) is 61.5 cm³/mol. The first-order valence-electron chi connectivity index (χ1n) is 5.23. The molecule has 2 rings (SSSR count). The third-order valence-electron chi connectivity index (χ3n) is 2.36. The van der Waals surface area contributed by atoms with Crippen LogP contribution in [-0.2, 0) is 10.0 Å². The first-order valence-corrected chi connectivity index (χ1v) is 6.71. The maximum absolute atomic E-state index is 13.4. The minimum absolute atomic E-state index is 0.283. The van der Waals surface area contributed by atoms with Gasteiger partial charge in [-0.3, -0.25) is 5.10 Å². The average Bonchev–Trinajstić information content (AvgIpc) is 2.80. The van der Waals surface area contributed by atoms with Gasteiger partial charge >= 0.3 is 0 Å². The van der Waals surface area contributed by atoms with Crippen LogP contribution in [0.5, 0.6) is 0 Å². The van der Waals surface area contributed by atoms with E-state index >= 15 is 0 Å². The second kappa shape index (κ2) is 5.02. The van der Waals surface area contributed by atoms with Crippen molar-refractivity contribution in [3.8, 4) is 0 Å². The molecule has 0 saturated heterocycles. The highest BCUT2D eigenvalue weighted by Gasteiger charge is 2.23. The van der Waals surface area contributed by atoms with E-state index in [1.807, 2.05) is 0 Å². The fourth-order valence-electron chi connectivity index (χ4n) is 1.47. The number of rotatable bonds is 4. The molecule has 0 amide bonds. The lowest BCUT2D eigenvalue weighted by Gasteiger charge is -2.12. The van der Waals surface area contributed by atoms with Gasteiger partial charge in [-0.1, -0.05) is 0 Å². The largest absolute Gasteiger partial charge is 0.262 e. The molecule has 19 heavy (non-hydrogen) atoms. The number of aromatic amines is 1. The van der Waals surface area contributed by atoms with Crippen LogP contribution in [0.2, 0.25) is 0 Å². The van der Waals surface area contributed by atoms with Gasteiger partial charge in [-0.15, -0.1) is 0 Å². The van der Waals surface area contributed by atoms with Crippen LogP contribution >= 0.6 is 0 Å². The summed E-state index contributed by atoms with van der Waals surface area (Å²) in [6.45, 7) is 1.51. The molecule has 2 N–H and O–H groups in total. The second-order valence-electron chi connectivity index (χ2n) is 3.79. The van der Waals surface area contributed by atoms with E-state index < -0.39 is 32.6 Å². The Morgan fingerprint density at radius 1 is 1.37 bits per heavy atom. The SMILES string of the molecule is CC(NS(=O)(=O)c1ccc(F)cc1F)c1ncn[nH]1. The quantitative estimate of drug-likeness (QED) is 0.882. The van der Waals surface area contributed by atoms with Crippen molar-refractivity contribution in [3.05, 3.63) is 42.0 Å². The summed E-state index contributed by atoms with van der Waals surface area (Å²) in [5, 5.41) is 6.07. The van der Waals surface area contributed by atoms with Crippen LogP contribution in [0.15, 0.2) is 29.4 Å². The molecule has 0 fully saturated rings. The standard InChI is InChI=1S/C10H10F2N4O2S/c1-6(10-13-5-14-15-10)16-19(17,18)9-3-2-7(11)4-8(9)12/h2-6,16H,1H3,(H,13,14,15). The number of aromatic nitrogens is 3. The molecule has 0 aliphatic rings. The van der Waals surface area contributed by atoms with Gasteiger partial charge in [-0.25, -0.2) is 26.9 Å². The fraction of sp³-hybridized carbons (Fsp3) is 0.200. The third-order valence-corrected chi connectivity index (χ3v) is 3.93. The van der Waals surface area contributed by atoms with Crippen molar-refractivity contribution in [3.63, 3.8) is 0 Å². The van der Waals surface area contributed by atoms with Crippen molar-refractivity contribution in [2.75, 3.05) is 0 Å². The zero-order chi connectivity index (χ0) is 14.0. The topological polar surface area (TPSA) is 87.7 Å². The predicted octanol–water partition coefficient (Wildman–Crippen LogP) is 1.12. The number of nitrogens with zero attached hydrogens (tertiary/aromatic N) is 2. The van der Waals surface area contributed by atoms with Crippen LogP contribution in [0.1, 0.15) is 18.8 Å². The number of benzene rings is 1. The minimum atomic E-state index is -4.11. The van der Waals surface area contributed by atoms with Crippen molar-refractivity contribution in [2.24, 2.45) is 0 Å². The van der Waals surface area contributed by atoms with E-state index in [0.29, 0.717) is 6.07 Å². The zero-order valence-corrected chi connectivity index (χ0v) is 10.6. The molecule has 0 spiro atoms. The van der Waals surface area contributed by atoms with Crippen LogP contribution in [0, 0.1) is 11.6 Å². The van der Waals surface area contributed by atoms with Crippen molar-refractivity contribution in [1.82, 2.24) is 19.9 Å². The summed E-state index contributed by atoms with van der Waals surface area (Å²) in [5.74, 6) is -1.72. The fourth-order valence-corrected chi connectivity index (χ4v) is 2.74. The third kappa shape index (κ3) is 2.93. The number of nitrogens with one attached hydrogen (secondary N) is 2. The molecule has 0 radical (unpaired) electrons. The molecule has 1 aromatic carbocycles. The van der Waals surface area contributed by atoms with Gasteiger partial charge in [-0.05, 0) is 19.1 Å². The first kappa shape index (κ1) is 13.6. The molecule has 0 aliphatic carbocycles. The number of hydrogen-bond acceptors (Lipinski definition) is 4. The molecule has 102 valence electrons. The van der Waals surface area contributed by atoms with Crippen LogP contribution < -0.4 is 4.72 Å². The summed E-state index contributed by atoms with van der Waals surface area (Å²) in [6.07, 6.45) is 1.22. The summed E-state index contributed by atoms with van der Waals surface area (Å²) >= 11 is 0. The summed E-state index contributed by atoms with van der Waals surface area (Å²) in [4.78, 5) is 3.16. The van der Waals surface area contributed by atoms with Crippen molar-refractivity contribution >= 4 is 10.0 Å². The lowest BCUT2D eigenvalue weighted by atomic mass is 10.3. The first-order chi connectivity index (χ1) is 8.90. The van der Waals surface area contributed by atoms with Gasteiger partial charge < -0.3 is 0 Å². The second-order valence-corrected chi connectivity index (χ2v) is 5.47. The summed E-state index contributed by atoms with van der Waals surface area (Å²) < 4.78 is 52.3. The molecule has 1 aromatic heterocycles. The molecule has 6 nitrogen and oxygen atoms in total. The molecular weight excluding hydrogens is 278 g/mol. The van der Waals surface area contributed by atoms with Gasteiger partial charge in [0.2, 0.25) is 10.0 Å². The van der Waals surface area contributed by atoms with E-state index in [1.165, 1.54) is 13.3 Å². The Balaban J connectivity index is 2.28. The summed E-state index contributed by atoms with van der Waals surface area (Å²) in [6, 6.07) is 1.52. The van der Waals surface area contributed by atoms with E-state index in [-0.39, 0.29) is 5.82 Å². The molecule has 9 heteroatoms. The van der Waals surface area contributed by atoms with E-state index in [2.05, 4.69) is 19.9 Å². The summed E-state index contributed by atoms with van der Waals surface area (Å²) in [7, 11) is -4.11. The van der Waals surface area contributed by atoms with Gasteiger partial charge in [-0.2, -0.15) is 5.10 Å². The van der Waals surface area contributed by atoms with E-state index in [1.54, 1.807) is 0 Å². The lowest BCUT2D eigenvalue weighted by molar-refractivity contribution is 0.533. The van der Waals surface area contributed by atoms with Crippen LogP contribution in [-0.4, -0.2) is 23.6 Å². The van der Waals surface area contributed by atoms with Crippen molar-refractivity contribution < 1.29 is 17.2 Å². The molecule has 0 bridgehead atoms. The maximum atomic E-state index is 13.4. The Kier molecular flexibility index (Phi) is 3.58. The number of H-pyrrole nitrogens is 1. The van der Waals surface area contributed by atoms with Crippen molar-refractivity contribution in [2.45, 2.75) is 17.9 Å². The number of sulfonamides is 1. The van der Waals surface area contributed by atoms with Gasteiger partial charge in [0.15, 0.2) is 0 Å². The van der Waals surface area contributed by atoms with Crippen LogP contribution in [0.3, 0.4) is 0 Å². The van der Waals surface area contributed by atoms with E-state index in [9.17, 15) is 17.2 Å². The zero-order valence-electron chi connectivity index (χ0n) is 9.76. The number of halogens is 2. The Hall–Kier alpha value is -1.87. The van der Waals surface area contributed by atoms with Crippen molar-refractivity contribution in [1.29, 1.82) is 0 Å². The molecule has 1 atom stereocenters. The maximum Gasteiger partial charge on any atom is 0.244 e. The molecule has 1 heterocycles. The van der Waals surface area contributed by atoms with Gasteiger partial charge in [0, 0.05) is 6.07 Å². The van der Waals surface area contributed by atoms with Crippen LogP contribution in [0.25, 0.3) is 0 Å². The Labute approximate surface area is 107 Å². The van der Waals surface area contributed by atoms with Gasteiger partial charge in [0.1, 0.15) is 28.7 Å². The normalized spacial score (nSPS) is 13.4. The van der Waals surface area contributed by atoms with Gasteiger partial charge in [0.05, 0.1) is 6.04 Å². The van der Waals surface area contributed by atoms with Crippen LogP contribution in [0.4, 0.5) is 8.78 Å². The Bertz CT molecular complexity index is 673. The highest BCUT2D eigenvalue weighted by Crippen LogP contribution is 2.18. The Morgan fingerprint density at radius 3 is 2.68 bits per heavy atom. The van der Waals surface area contributed by atoms with E-state index in [4.69, 9.17) is 0 Å². The smallest absolute Gasteiger partial charge is 0.244 e. The molecule has 2 aromatic rings. The minimum Gasteiger partial charge on any atom is -0.262 e. The average molecular weight is 288 g/mol. The Morgan fingerprint density at radius 2 is 2.11 bits per heavy atom. The highest BCUT2D eigenvalue weighted by atomic mass is 32.2. The molecule has 0 saturated carbocycles. The number of hydrogen-bond donors (Lipinski definition) is 2. The van der Waals surface area contributed by atoms with E-state index in [0.717, 1.165) is 12.1 Å². The molecular formula is C10H10F2N4O2S. The lowest BCUT2D eigenvalue weighted by Crippen LogP contribution is -2.28. The monoisotopic (exact) mass is 288 g/mol.